The second kappa shape index (κ2) is 5.62. The van der Waals surface area contributed by atoms with Gasteiger partial charge in [-0.1, -0.05) is 42.3 Å². The normalized spacial score (nSPS) is 50.6. The quantitative estimate of drug-likeness (QED) is 0.579. The number of carbonyl (C=O) groups is 3. The average Bonchev–Trinajstić information content (AvgIpc) is 2.80. The molecule has 3 saturated carbocycles. The molecular weight excluding hydrogens is 392 g/mol. The zero-order valence-electron chi connectivity index (χ0n) is 16.2. The van der Waals surface area contributed by atoms with Crippen LogP contribution in [-0.4, -0.2) is 21.7 Å². The van der Waals surface area contributed by atoms with Crippen LogP contribution < -0.4 is 0 Å². The van der Waals surface area contributed by atoms with E-state index in [2.05, 4.69) is 36.7 Å². The topological polar surface area (TPSA) is 51.2 Å². The van der Waals surface area contributed by atoms with Gasteiger partial charge in [-0.25, -0.2) is 0 Å². The van der Waals surface area contributed by atoms with Crippen molar-refractivity contribution >= 4 is 33.3 Å². The predicted octanol–water partition coefficient (Wildman–Crippen LogP) is 4.67. The Labute approximate surface area is 164 Å². The molecule has 0 N–H and O–H groups in total. The number of alkyl halides is 1. The van der Waals surface area contributed by atoms with Crippen molar-refractivity contribution in [3.63, 3.8) is 0 Å². The van der Waals surface area contributed by atoms with E-state index in [1.54, 1.807) is 6.92 Å². The summed E-state index contributed by atoms with van der Waals surface area (Å²) in [6, 6.07) is 0. The summed E-state index contributed by atoms with van der Waals surface area (Å²) in [6.07, 6.45) is 6.44. The second-order valence-electron chi connectivity index (χ2n) is 9.84. The van der Waals surface area contributed by atoms with E-state index in [9.17, 15) is 14.4 Å². The smallest absolute Gasteiger partial charge is 0.155 e. The highest BCUT2D eigenvalue weighted by Gasteiger charge is 2.70. The number of Topliss-reactive ketones (excluding diaryl/α,β-unsaturated/α-hetero) is 2. The third kappa shape index (κ3) is 2.08. The molecule has 0 heterocycles. The van der Waals surface area contributed by atoms with Gasteiger partial charge in [0.2, 0.25) is 0 Å². The molecule has 4 rings (SSSR count). The van der Waals surface area contributed by atoms with Crippen LogP contribution in [0.4, 0.5) is 0 Å². The molecule has 1 unspecified atom stereocenters. The molecule has 0 bridgehead atoms. The zero-order valence-corrected chi connectivity index (χ0v) is 17.8. The summed E-state index contributed by atoms with van der Waals surface area (Å²) in [5.74, 6) is 1.66. The van der Waals surface area contributed by atoms with Gasteiger partial charge in [0.25, 0.3) is 0 Å². The number of rotatable bonds is 1. The lowest BCUT2D eigenvalue weighted by molar-refractivity contribution is -0.143. The average molecular weight is 421 g/mol. The van der Waals surface area contributed by atoms with Crippen LogP contribution in [0, 0.1) is 34.5 Å². The molecule has 4 aliphatic rings. The zero-order chi connectivity index (χ0) is 19.1. The van der Waals surface area contributed by atoms with Crippen LogP contribution in [-0.2, 0) is 14.4 Å². The van der Waals surface area contributed by atoms with Crippen molar-refractivity contribution in [2.24, 2.45) is 34.5 Å². The maximum absolute atomic E-state index is 13.6. The Balaban J connectivity index is 1.82. The maximum atomic E-state index is 13.6. The van der Waals surface area contributed by atoms with E-state index in [-0.39, 0.29) is 40.0 Å². The van der Waals surface area contributed by atoms with E-state index in [0.29, 0.717) is 24.7 Å². The fourth-order valence-corrected chi connectivity index (χ4v) is 8.67. The molecule has 4 aliphatic carbocycles. The van der Waals surface area contributed by atoms with E-state index in [1.807, 2.05) is 6.08 Å². The molecule has 142 valence electrons. The van der Waals surface area contributed by atoms with E-state index in [4.69, 9.17) is 0 Å². The molecule has 3 fully saturated rings. The van der Waals surface area contributed by atoms with Gasteiger partial charge in [-0.3, -0.25) is 14.4 Å². The number of allylic oxidation sites excluding steroid dienone is 1. The summed E-state index contributed by atoms with van der Waals surface area (Å²) >= 11 is 4.01. The van der Waals surface area contributed by atoms with Crippen LogP contribution >= 0.6 is 15.9 Å². The molecule has 0 amide bonds. The van der Waals surface area contributed by atoms with Crippen LogP contribution in [0.2, 0.25) is 0 Å². The number of hydrogen-bond acceptors (Lipinski definition) is 3. The van der Waals surface area contributed by atoms with Crippen molar-refractivity contribution in [1.29, 1.82) is 0 Å². The van der Waals surface area contributed by atoms with Crippen LogP contribution in [0.25, 0.3) is 0 Å². The van der Waals surface area contributed by atoms with Gasteiger partial charge in [0.1, 0.15) is 5.78 Å². The molecule has 3 nitrogen and oxygen atoms in total. The molecule has 0 aromatic heterocycles. The summed E-state index contributed by atoms with van der Waals surface area (Å²) in [5.41, 5.74) is 0.666. The SMILES string of the molecule is CC(=O)[C@H]1C(C)C[C@H]2[C@@H]3CCC4=CC(=O)CC[C@]4(C)[C@@]3(Br)C(=O)C[C@]12C. The Bertz CT molecular complexity index is 740. The predicted molar refractivity (Wildman–Crippen MR) is 104 cm³/mol. The Morgan fingerprint density at radius 2 is 1.88 bits per heavy atom. The highest BCUT2D eigenvalue weighted by atomic mass is 79.9. The van der Waals surface area contributed by atoms with Crippen molar-refractivity contribution < 1.29 is 14.4 Å². The van der Waals surface area contributed by atoms with Gasteiger partial charge in [0.05, 0.1) is 4.32 Å². The van der Waals surface area contributed by atoms with Crippen LogP contribution in [0.1, 0.15) is 66.2 Å². The third-order valence-electron chi connectivity index (χ3n) is 8.58. The molecule has 0 aromatic carbocycles. The van der Waals surface area contributed by atoms with Gasteiger partial charge in [-0.05, 0) is 61.9 Å². The fourth-order valence-electron chi connectivity index (χ4n) is 7.53. The van der Waals surface area contributed by atoms with Gasteiger partial charge in [0, 0.05) is 24.2 Å². The summed E-state index contributed by atoms with van der Waals surface area (Å²) in [4.78, 5) is 38.1. The first-order chi connectivity index (χ1) is 12.1. The molecule has 0 spiro atoms. The van der Waals surface area contributed by atoms with Gasteiger partial charge in [0.15, 0.2) is 11.6 Å². The lowest BCUT2D eigenvalue weighted by atomic mass is 9.46. The summed E-state index contributed by atoms with van der Waals surface area (Å²) in [7, 11) is 0. The van der Waals surface area contributed by atoms with Crippen molar-refractivity contribution in [3.05, 3.63) is 11.6 Å². The monoisotopic (exact) mass is 420 g/mol. The number of fused-ring (bicyclic) bond motifs is 5. The maximum Gasteiger partial charge on any atom is 0.155 e. The molecule has 0 radical (unpaired) electrons. The molecular formula is C22H29BrO3. The number of halogens is 1. The Morgan fingerprint density at radius 1 is 1.19 bits per heavy atom. The van der Waals surface area contributed by atoms with Crippen LogP contribution in [0.15, 0.2) is 11.6 Å². The molecule has 0 saturated heterocycles. The summed E-state index contributed by atoms with van der Waals surface area (Å²) < 4.78 is -0.583. The van der Waals surface area contributed by atoms with Gasteiger partial charge >= 0.3 is 0 Å². The van der Waals surface area contributed by atoms with Gasteiger partial charge in [-0.15, -0.1) is 0 Å². The Hall–Kier alpha value is -0.770. The number of hydrogen-bond donors (Lipinski definition) is 0. The molecule has 0 aromatic rings. The second-order valence-corrected chi connectivity index (χ2v) is 11.1. The molecule has 0 aliphatic heterocycles. The van der Waals surface area contributed by atoms with Crippen molar-refractivity contribution in [1.82, 2.24) is 0 Å². The first-order valence-electron chi connectivity index (χ1n) is 10.0. The van der Waals surface area contributed by atoms with E-state index >= 15 is 0 Å². The lowest BCUT2D eigenvalue weighted by Gasteiger charge is -2.61. The number of carbonyl (C=O) groups excluding carboxylic acids is 3. The van der Waals surface area contributed by atoms with E-state index in [0.717, 1.165) is 31.3 Å². The fraction of sp³-hybridized carbons (Fsp3) is 0.773. The lowest BCUT2D eigenvalue weighted by Crippen LogP contribution is -2.64. The highest BCUT2D eigenvalue weighted by molar-refractivity contribution is 9.10. The standard InChI is InChI=1S/C22H29BrO3/c1-12-9-17-16-6-5-14-10-15(25)7-8-21(14,4)22(16,23)18(26)11-20(17,3)19(12)13(2)24/h10,12,16-17,19H,5-9,11H2,1-4H3/t12?,16-,17-,19+,20-,21-,22-/m0/s1. The van der Waals surface area contributed by atoms with Gasteiger partial charge < -0.3 is 0 Å². The van der Waals surface area contributed by atoms with E-state index < -0.39 is 4.32 Å². The minimum Gasteiger partial charge on any atom is -0.300 e. The third-order valence-corrected chi connectivity index (χ3v) is 10.5. The van der Waals surface area contributed by atoms with Crippen LogP contribution in [0.5, 0.6) is 0 Å². The summed E-state index contributed by atoms with van der Waals surface area (Å²) in [5, 5.41) is 0. The minimum atomic E-state index is -0.583. The summed E-state index contributed by atoms with van der Waals surface area (Å²) in [6.45, 7) is 8.26. The van der Waals surface area contributed by atoms with Gasteiger partial charge in [-0.2, -0.15) is 0 Å². The Morgan fingerprint density at radius 3 is 2.54 bits per heavy atom. The highest BCUT2D eigenvalue weighted by Crippen LogP contribution is 2.70. The van der Waals surface area contributed by atoms with Crippen molar-refractivity contribution in [3.8, 4) is 0 Å². The van der Waals surface area contributed by atoms with Crippen molar-refractivity contribution in [2.75, 3.05) is 0 Å². The van der Waals surface area contributed by atoms with Crippen molar-refractivity contribution in [2.45, 2.75) is 70.5 Å². The largest absolute Gasteiger partial charge is 0.300 e. The number of ketones is 3. The van der Waals surface area contributed by atoms with Crippen LogP contribution in [0.3, 0.4) is 0 Å². The molecule has 26 heavy (non-hydrogen) atoms. The first kappa shape index (κ1) is 18.6. The molecule has 4 heteroatoms. The Kier molecular flexibility index (Phi) is 4.02. The molecule has 7 atom stereocenters. The minimum absolute atomic E-state index is 0.00817. The first-order valence-corrected chi connectivity index (χ1v) is 10.8. The van der Waals surface area contributed by atoms with E-state index in [1.165, 1.54) is 0 Å².